The fourth-order valence-corrected chi connectivity index (χ4v) is 3.77. The molecule has 1 aromatic carbocycles. The Morgan fingerprint density at radius 1 is 1.27 bits per heavy atom. The van der Waals surface area contributed by atoms with Gasteiger partial charge in [-0.2, -0.15) is 0 Å². The van der Waals surface area contributed by atoms with Gasteiger partial charge in [-0.3, -0.25) is 4.79 Å². The van der Waals surface area contributed by atoms with Crippen molar-refractivity contribution in [2.75, 3.05) is 13.1 Å². The van der Waals surface area contributed by atoms with E-state index in [0.717, 1.165) is 46.8 Å². The lowest BCUT2D eigenvalue weighted by atomic mass is 10.0. The zero-order valence-electron chi connectivity index (χ0n) is 12.5. The number of hydrogen-bond donors (Lipinski definition) is 1. The van der Waals surface area contributed by atoms with Crippen LogP contribution in [0.3, 0.4) is 0 Å². The van der Waals surface area contributed by atoms with Gasteiger partial charge in [0, 0.05) is 24.0 Å². The molecular formula is C17H19FN2OS. The Balaban J connectivity index is 1.82. The van der Waals surface area contributed by atoms with Gasteiger partial charge in [-0.15, -0.1) is 11.3 Å². The maximum Gasteiger partial charge on any atom is 0.263 e. The number of piperidine rings is 1. The summed E-state index contributed by atoms with van der Waals surface area (Å²) in [5.74, 6) is -0.175. The number of rotatable bonds is 2. The van der Waals surface area contributed by atoms with Crippen LogP contribution in [0.2, 0.25) is 0 Å². The zero-order valence-corrected chi connectivity index (χ0v) is 13.3. The van der Waals surface area contributed by atoms with Crippen molar-refractivity contribution in [3.63, 3.8) is 0 Å². The number of amides is 1. The van der Waals surface area contributed by atoms with Crippen LogP contribution >= 0.6 is 11.3 Å². The van der Waals surface area contributed by atoms with Crippen molar-refractivity contribution in [1.82, 2.24) is 4.90 Å². The monoisotopic (exact) mass is 318 g/mol. The number of hydrogen-bond acceptors (Lipinski definition) is 3. The minimum Gasteiger partial charge on any atom is -0.338 e. The maximum absolute atomic E-state index is 13.0. The van der Waals surface area contributed by atoms with Gasteiger partial charge in [0.25, 0.3) is 5.91 Å². The van der Waals surface area contributed by atoms with Gasteiger partial charge >= 0.3 is 0 Å². The summed E-state index contributed by atoms with van der Waals surface area (Å²) in [5.41, 5.74) is 7.83. The Hall–Kier alpha value is -1.72. The van der Waals surface area contributed by atoms with E-state index in [4.69, 9.17) is 5.73 Å². The molecule has 0 atom stereocenters. The van der Waals surface area contributed by atoms with Gasteiger partial charge in [0.2, 0.25) is 0 Å². The highest BCUT2D eigenvalue weighted by Gasteiger charge is 2.23. The van der Waals surface area contributed by atoms with E-state index >= 15 is 0 Å². The van der Waals surface area contributed by atoms with Crippen LogP contribution in [-0.4, -0.2) is 29.9 Å². The SMILES string of the molecule is Cc1sc(C(=O)N2CCC(N)CC2)cc1-c1ccc(F)cc1. The first-order valence-corrected chi connectivity index (χ1v) is 8.27. The maximum atomic E-state index is 13.0. The smallest absolute Gasteiger partial charge is 0.263 e. The first kappa shape index (κ1) is 15.2. The van der Waals surface area contributed by atoms with Gasteiger partial charge in [-0.1, -0.05) is 12.1 Å². The summed E-state index contributed by atoms with van der Waals surface area (Å²) in [5, 5.41) is 0. The molecule has 1 aliphatic rings. The third-order valence-corrected chi connectivity index (χ3v) is 5.15. The van der Waals surface area contributed by atoms with Crippen molar-refractivity contribution in [2.45, 2.75) is 25.8 Å². The molecule has 3 nitrogen and oxygen atoms in total. The fourth-order valence-electron chi connectivity index (χ4n) is 2.76. The van der Waals surface area contributed by atoms with E-state index in [-0.39, 0.29) is 17.8 Å². The standard InChI is InChI=1S/C17H19FN2OS/c1-11-15(12-2-4-13(18)5-3-12)10-16(22-11)17(21)20-8-6-14(19)7-9-20/h2-5,10,14H,6-9,19H2,1H3. The molecule has 0 unspecified atom stereocenters. The van der Waals surface area contributed by atoms with Crippen molar-refractivity contribution in [1.29, 1.82) is 0 Å². The highest BCUT2D eigenvalue weighted by Crippen LogP contribution is 2.32. The summed E-state index contributed by atoms with van der Waals surface area (Å²) in [7, 11) is 0. The largest absolute Gasteiger partial charge is 0.338 e. The van der Waals surface area contributed by atoms with Crippen LogP contribution in [0.4, 0.5) is 4.39 Å². The average Bonchev–Trinajstić information content (AvgIpc) is 2.90. The Labute approximate surface area is 133 Å². The van der Waals surface area contributed by atoms with E-state index in [1.807, 2.05) is 17.9 Å². The van der Waals surface area contributed by atoms with E-state index in [0.29, 0.717) is 0 Å². The van der Waals surface area contributed by atoms with E-state index in [2.05, 4.69) is 0 Å². The van der Waals surface area contributed by atoms with Crippen LogP contribution in [0.15, 0.2) is 30.3 Å². The normalized spacial score (nSPS) is 16.0. The van der Waals surface area contributed by atoms with E-state index in [9.17, 15) is 9.18 Å². The van der Waals surface area contributed by atoms with Gasteiger partial charge in [0.05, 0.1) is 4.88 Å². The highest BCUT2D eigenvalue weighted by molar-refractivity contribution is 7.14. The number of thiophene rings is 1. The molecule has 1 saturated heterocycles. The van der Waals surface area contributed by atoms with Crippen LogP contribution in [0, 0.1) is 12.7 Å². The predicted molar refractivity (Wildman–Crippen MR) is 87.6 cm³/mol. The molecule has 0 bridgehead atoms. The lowest BCUT2D eigenvalue weighted by Crippen LogP contribution is -2.42. The second kappa shape index (κ2) is 6.18. The molecule has 116 valence electrons. The fraction of sp³-hybridized carbons (Fsp3) is 0.353. The Morgan fingerprint density at radius 3 is 2.55 bits per heavy atom. The van der Waals surface area contributed by atoms with Gasteiger partial charge < -0.3 is 10.6 Å². The second-order valence-corrected chi connectivity index (χ2v) is 6.97. The summed E-state index contributed by atoms with van der Waals surface area (Å²) < 4.78 is 13.0. The predicted octanol–water partition coefficient (Wildman–Crippen LogP) is 3.43. The molecule has 1 aliphatic heterocycles. The van der Waals surface area contributed by atoms with Gasteiger partial charge in [-0.25, -0.2) is 4.39 Å². The summed E-state index contributed by atoms with van der Waals surface area (Å²) >= 11 is 1.50. The third-order valence-electron chi connectivity index (χ3n) is 4.11. The van der Waals surface area contributed by atoms with Crippen molar-refractivity contribution in [3.05, 3.63) is 45.9 Å². The quantitative estimate of drug-likeness (QED) is 0.922. The molecule has 0 radical (unpaired) electrons. The van der Waals surface area contributed by atoms with Crippen LogP contribution in [-0.2, 0) is 0 Å². The summed E-state index contributed by atoms with van der Waals surface area (Å²) in [6.45, 7) is 3.44. The van der Waals surface area contributed by atoms with Gasteiger partial charge in [0.15, 0.2) is 0 Å². The van der Waals surface area contributed by atoms with E-state index < -0.39 is 0 Å². The first-order valence-electron chi connectivity index (χ1n) is 7.46. The van der Waals surface area contributed by atoms with Crippen molar-refractivity contribution >= 4 is 17.2 Å². The Bertz CT molecular complexity index is 672. The summed E-state index contributed by atoms with van der Waals surface area (Å²) in [4.78, 5) is 16.3. The Kier molecular flexibility index (Phi) is 4.27. The molecule has 0 aliphatic carbocycles. The molecule has 2 N–H and O–H groups in total. The van der Waals surface area contributed by atoms with Crippen molar-refractivity contribution < 1.29 is 9.18 Å². The number of likely N-dealkylation sites (tertiary alicyclic amines) is 1. The van der Waals surface area contributed by atoms with E-state index in [1.165, 1.54) is 23.5 Å². The van der Waals surface area contributed by atoms with E-state index in [1.54, 1.807) is 12.1 Å². The van der Waals surface area contributed by atoms with Crippen LogP contribution in [0.1, 0.15) is 27.4 Å². The number of nitrogens with zero attached hydrogens (tertiary/aromatic N) is 1. The minimum atomic E-state index is -0.252. The topological polar surface area (TPSA) is 46.3 Å². The van der Waals surface area contributed by atoms with Gasteiger partial charge in [-0.05, 0) is 49.1 Å². The number of aryl methyl sites for hydroxylation is 1. The molecule has 2 heterocycles. The molecule has 1 aromatic heterocycles. The molecule has 1 fully saturated rings. The molecule has 22 heavy (non-hydrogen) atoms. The molecule has 0 saturated carbocycles. The van der Waals surface area contributed by atoms with Crippen LogP contribution < -0.4 is 5.73 Å². The molecular weight excluding hydrogens is 299 g/mol. The molecule has 0 spiro atoms. The molecule has 1 amide bonds. The number of carbonyl (C=O) groups is 1. The zero-order chi connectivity index (χ0) is 15.7. The lowest BCUT2D eigenvalue weighted by Gasteiger charge is -2.29. The average molecular weight is 318 g/mol. The second-order valence-electron chi connectivity index (χ2n) is 5.72. The number of benzene rings is 1. The highest BCUT2D eigenvalue weighted by atomic mass is 32.1. The lowest BCUT2D eigenvalue weighted by molar-refractivity contribution is 0.0719. The summed E-state index contributed by atoms with van der Waals surface area (Å²) in [6.07, 6.45) is 1.72. The molecule has 3 rings (SSSR count). The first-order chi connectivity index (χ1) is 10.5. The third kappa shape index (κ3) is 3.05. The van der Waals surface area contributed by atoms with Crippen LogP contribution in [0.5, 0.6) is 0 Å². The summed E-state index contributed by atoms with van der Waals surface area (Å²) in [6, 6.07) is 8.52. The number of nitrogens with two attached hydrogens (primary N) is 1. The number of halogens is 1. The van der Waals surface area contributed by atoms with Crippen LogP contribution in [0.25, 0.3) is 11.1 Å². The molecule has 5 heteroatoms. The number of carbonyl (C=O) groups excluding carboxylic acids is 1. The minimum absolute atomic E-state index is 0.0772. The Morgan fingerprint density at radius 2 is 1.91 bits per heavy atom. The molecule has 2 aromatic rings. The van der Waals surface area contributed by atoms with Crippen molar-refractivity contribution in [2.24, 2.45) is 5.73 Å². The van der Waals surface area contributed by atoms with Gasteiger partial charge in [0.1, 0.15) is 5.82 Å². The van der Waals surface area contributed by atoms with Crippen molar-refractivity contribution in [3.8, 4) is 11.1 Å².